The lowest BCUT2D eigenvalue weighted by Gasteiger charge is -2.15. The summed E-state index contributed by atoms with van der Waals surface area (Å²) in [4.78, 5) is 27.8. The standard InChI is InChI=1S/C23H23N5O/c1-17-25-20(15-22(26-17)27-21-9-5-6-13-24-21)19-12-14-28(16-19)23(29)11-10-18-7-3-2-4-8-18/h2-11,13,15,19H,12,14,16H2,1H3,(H,24,25,26,27)/b11-10+/t19-/m1/s1. The molecular formula is C23H23N5O. The summed E-state index contributed by atoms with van der Waals surface area (Å²) in [7, 11) is 0. The van der Waals surface area contributed by atoms with Gasteiger partial charge in [-0.3, -0.25) is 4.79 Å². The highest BCUT2D eigenvalue weighted by Gasteiger charge is 2.27. The van der Waals surface area contributed by atoms with E-state index in [9.17, 15) is 4.79 Å². The van der Waals surface area contributed by atoms with Crippen molar-refractivity contribution >= 4 is 23.6 Å². The molecule has 1 atom stereocenters. The van der Waals surface area contributed by atoms with E-state index in [4.69, 9.17) is 0 Å². The molecule has 1 saturated heterocycles. The molecule has 0 unspecified atom stereocenters. The third-order valence-corrected chi connectivity index (χ3v) is 4.91. The summed E-state index contributed by atoms with van der Waals surface area (Å²) in [5, 5.41) is 3.23. The molecule has 146 valence electrons. The van der Waals surface area contributed by atoms with E-state index >= 15 is 0 Å². The maximum Gasteiger partial charge on any atom is 0.246 e. The largest absolute Gasteiger partial charge is 0.338 e. The number of amides is 1. The molecule has 0 aliphatic carbocycles. The Morgan fingerprint density at radius 1 is 1.10 bits per heavy atom. The summed E-state index contributed by atoms with van der Waals surface area (Å²) in [6.45, 7) is 3.28. The highest BCUT2D eigenvalue weighted by atomic mass is 16.2. The number of rotatable bonds is 5. The molecule has 1 aliphatic rings. The van der Waals surface area contributed by atoms with Gasteiger partial charge in [0, 0.05) is 37.3 Å². The van der Waals surface area contributed by atoms with E-state index in [0.717, 1.165) is 35.9 Å². The average molecular weight is 385 g/mol. The van der Waals surface area contributed by atoms with Gasteiger partial charge in [-0.15, -0.1) is 0 Å². The van der Waals surface area contributed by atoms with E-state index in [2.05, 4.69) is 20.3 Å². The molecule has 2 aromatic heterocycles. The molecule has 1 N–H and O–H groups in total. The molecular weight excluding hydrogens is 362 g/mol. The quantitative estimate of drug-likeness (QED) is 0.673. The van der Waals surface area contributed by atoms with Crippen molar-refractivity contribution in [1.82, 2.24) is 19.9 Å². The van der Waals surface area contributed by atoms with Crippen molar-refractivity contribution in [3.05, 3.63) is 84.0 Å². The Morgan fingerprint density at radius 3 is 2.72 bits per heavy atom. The maximum absolute atomic E-state index is 12.6. The summed E-state index contributed by atoms with van der Waals surface area (Å²) in [6.07, 6.45) is 6.14. The molecule has 29 heavy (non-hydrogen) atoms. The Bertz CT molecular complexity index is 1000. The molecule has 0 saturated carbocycles. The van der Waals surface area contributed by atoms with Gasteiger partial charge in [-0.1, -0.05) is 36.4 Å². The Hall–Kier alpha value is -3.54. The molecule has 6 nitrogen and oxygen atoms in total. The normalized spacial score (nSPS) is 16.3. The summed E-state index contributed by atoms with van der Waals surface area (Å²) in [5.41, 5.74) is 1.98. The van der Waals surface area contributed by atoms with Gasteiger partial charge >= 0.3 is 0 Å². The highest BCUT2D eigenvalue weighted by molar-refractivity contribution is 5.92. The number of aryl methyl sites for hydroxylation is 1. The second kappa shape index (κ2) is 8.65. The van der Waals surface area contributed by atoms with Crippen molar-refractivity contribution < 1.29 is 4.79 Å². The second-order valence-corrected chi connectivity index (χ2v) is 7.08. The molecule has 1 amide bonds. The van der Waals surface area contributed by atoms with Gasteiger partial charge in [0.05, 0.1) is 5.69 Å². The first kappa shape index (κ1) is 18.8. The van der Waals surface area contributed by atoms with Crippen LogP contribution in [0.5, 0.6) is 0 Å². The zero-order valence-corrected chi connectivity index (χ0v) is 16.3. The van der Waals surface area contributed by atoms with Gasteiger partial charge in [-0.2, -0.15) is 0 Å². The average Bonchev–Trinajstić information content (AvgIpc) is 3.24. The number of aromatic nitrogens is 3. The molecule has 3 heterocycles. The number of anilines is 2. The smallest absolute Gasteiger partial charge is 0.246 e. The monoisotopic (exact) mass is 385 g/mol. The number of hydrogen-bond donors (Lipinski definition) is 1. The van der Waals surface area contributed by atoms with Gasteiger partial charge in [0.25, 0.3) is 0 Å². The maximum atomic E-state index is 12.6. The van der Waals surface area contributed by atoms with Crippen LogP contribution in [0.15, 0.2) is 66.9 Å². The molecule has 0 radical (unpaired) electrons. The van der Waals surface area contributed by atoms with Crippen molar-refractivity contribution in [2.75, 3.05) is 18.4 Å². The fourth-order valence-electron chi connectivity index (χ4n) is 3.47. The van der Waals surface area contributed by atoms with E-state index in [1.54, 1.807) is 12.3 Å². The lowest BCUT2D eigenvalue weighted by Crippen LogP contribution is -2.26. The van der Waals surface area contributed by atoms with Crippen LogP contribution in [0, 0.1) is 6.92 Å². The first-order chi connectivity index (χ1) is 14.2. The third-order valence-electron chi connectivity index (χ3n) is 4.91. The van der Waals surface area contributed by atoms with Gasteiger partial charge in [0.15, 0.2) is 0 Å². The molecule has 4 rings (SSSR count). The van der Waals surface area contributed by atoms with Crippen molar-refractivity contribution in [3.8, 4) is 0 Å². The Morgan fingerprint density at radius 2 is 1.93 bits per heavy atom. The Kier molecular flexibility index (Phi) is 5.61. The van der Waals surface area contributed by atoms with Crippen molar-refractivity contribution in [1.29, 1.82) is 0 Å². The van der Waals surface area contributed by atoms with E-state index in [1.165, 1.54) is 0 Å². The van der Waals surface area contributed by atoms with Crippen molar-refractivity contribution in [2.24, 2.45) is 0 Å². The molecule has 1 aliphatic heterocycles. The summed E-state index contributed by atoms with van der Waals surface area (Å²) in [5.74, 6) is 2.41. The van der Waals surface area contributed by atoms with Crippen molar-refractivity contribution in [3.63, 3.8) is 0 Å². The van der Waals surface area contributed by atoms with Gasteiger partial charge < -0.3 is 10.2 Å². The van der Waals surface area contributed by atoms with Crippen LogP contribution in [-0.2, 0) is 4.79 Å². The van der Waals surface area contributed by atoms with Crippen LogP contribution < -0.4 is 5.32 Å². The minimum atomic E-state index is 0.0361. The van der Waals surface area contributed by atoms with Crippen LogP contribution in [0.1, 0.15) is 29.4 Å². The van der Waals surface area contributed by atoms with Gasteiger partial charge in [-0.05, 0) is 37.1 Å². The first-order valence-electron chi connectivity index (χ1n) is 9.73. The van der Waals surface area contributed by atoms with Gasteiger partial charge in [0.2, 0.25) is 5.91 Å². The molecule has 1 fully saturated rings. The van der Waals surface area contributed by atoms with Crippen LogP contribution in [0.3, 0.4) is 0 Å². The summed E-state index contributed by atoms with van der Waals surface area (Å²) in [6, 6.07) is 17.5. The van der Waals surface area contributed by atoms with Crippen molar-refractivity contribution in [2.45, 2.75) is 19.3 Å². The number of carbonyl (C=O) groups excluding carboxylic acids is 1. The predicted octanol–water partition coefficient (Wildman–Crippen LogP) is 3.95. The fraction of sp³-hybridized carbons (Fsp3) is 0.217. The third kappa shape index (κ3) is 4.85. The molecule has 3 aromatic rings. The molecule has 0 bridgehead atoms. The number of likely N-dealkylation sites (tertiary alicyclic amines) is 1. The van der Waals surface area contributed by atoms with E-state index in [0.29, 0.717) is 12.4 Å². The second-order valence-electron chi connectivity index (χ2n) is 7.08. The number of carbonyl (C=O) groups is 1. The predicted molar refractivity (Wildman–Crippen MR) is 114 cm³/mol. The zero-order chi connectivity index (χ0) is 20.1. The van der Waals surface area contributed by atoms with Crippen LogP contribution in [0.25, 0.3) is 6.08 Å². The van der Waals surface area contributed by atoms with Gasteiger partial charge in [-0.25, -0.2) is 15.0 Å². The number of nitrogens with zero attached hydrogens (tertiary/aromatic N) is 4. The summed E-state index contributed by atoms with van der Waals surface area (Å²) < 4.78 is 0. The SMILES string of the molecule is Cc1nc(Nc2ccccn2)cc([C@@H]2CCN(C(=O)/C=C/c3ccccc3)C2)n1. The number of hydrogen-bond acceptors (Lipinski definition) is 5. The number of benzene rings is 1. The van der Waals surface area contributed by atoms with Crippen LogP contribution in [0.2, 0.25) is 0 Å². The molecule has 0 spiro atoms. The van der Waals surface area contributed by atoms with Crippen LogP contribution >= 0.6 is 0 Å². The minimum Gasteiger partial charge on any atom is -0.338 e. The van der Waals surface area contributed by atoms with E-state index < -0.39 is 0 Å². The van der Waals surface area contributed by atoms with E-state index in [-0.39, 0.29) is 11.8 Å². The molecule has 1 aromatic carbocycles. The highest BCUT2D eigenvalue weighted by Crippen LogP contribution is 2.28. The molecule has 6 heteroatoms. The number of nitrogens with one attached hydrogen (secondary N) is 1. The fourth-order valence-corrected chi connectivity index (χ4v) is 3.47. The Labute approximate surface area is 170 Å². The minimum absolute atomic E-state index is 0.0361. The number of pyridine rings is 1. The first-order valence-corrected chi connectivity index (χ1v) is 9.73. The topological polar surface area (TPSA) is 71.0 Å². The van der Waals surface area contributed by atoms with Crippen LogP contribution in [-0.4, -0.2) is 38.8 Å². The van der Waals surface area contributed by atoms with Crippen LogP contribution in [0.4, 0.5) is 11.6 Å². The summed E-state index contributed by atoms with van der Waals surface area (Å²) >= 11 is 0. The van der Waals surface area contributed by atoms with E-state index in [1.807, 2.05) is 72.5 Å². The Balaban J connectivity index is 1.43. The van der Waals surface area contributed by atoms with Gasteiger partial charge in [0.1, 0.15) is 17.5 Å². The zero-order valence-electron chi connectivity index (χ0n) is 16.3. The lowest BCUT2D eigenvalue weighted by atomic mass is 10.0. The lowest BCUT2D eigenvalue weighted by molar-refractivity contribution is -0.124.